The van der Waals surface area contributed by atoms with Gasteiger partial charge in [0.2, 0.25) is 0 Å². The Morgan fingerprint density at radius 2 is 1.19 bits per heavy atom. The van der Waals surface area contributed by atoms with Crippen LogP contribution >= 0.6 is 0 Å². The van der Waals surface area contributed by atoms with Crippen LogP contribution in [0.25, 0.3) is 0 Å². The van der Waals surface area contributed by atoms with Crippen LogP contribution in [-0.4, -0.2) is 0 Å². The lowest BCUT2D eigenvalue weighted by atomic mass is 9.71. The summed E-state index contributed by atoms with van der Waals surface area (Å²) in [4.78, 5) is 0. The molecule has 0 spiro atoms. The molecule has 0 saturated heterocycles. The van der Waals surface area contributed by atoms with Gasteiger partial charge in [0.05, 0.1) is 0 Å². The van der Waals surface area contributed by atoms with E-state index in [1.54, 1.807) is 0 Å². The van der Waals surface area contributed by atoms with Crippen molar-refractivity contribution in [3.8, 4) is 0 Å². The molecule has 0 heteroatoms. The van der Waals surface area contributed by atoms with Gasteiger partial charge in [-0.2, -0.15) is 0 Å². The highest BCUT2D eigenvalue weighted by molar-refractivity contribution is 4.76. The highest BCUT2D eigenvalue weighted by Gasteiger charge is 2.26. The first-order valence-electron chi connectivity index (χ1n) is 7.47. The minimum absolute atomic E-state index is 0.842. The van der Waals surface area contributed by atoms with Gasteiger partial charge < -0.3 is 0 Å². The molecule has 0 aromatic carbocycles. The average molecular weight is 226 g/mol. The molecule has 0 aromatic heterocycles. The number of hydrogen-bond acceptors (Lipinski definition) is 0. The quantitative estimate of drug-likeness (QED) is 0.493. The first-order valence-corrected chi connectivity index (χ1v) is 7.47. The van der Waals surface area contributed by atoms with Gasteiger partial charge in [-0.3, -0.25) is 0 Å². The van der Waals surface area contributed by atoms with Gasteiger partial charge in [-0.25, -0.2) is 0 Å². The van der Waals surface area contributed by atoms with E-state index >= 15 is 0 Å². The summed E-state index contributed by atoms with van der Waals surface area (Å²) in [5.41, 5.74) is 0. The fourth-order valence-corrected chi connectivity index (χ4v) is 3.37. The molecule has 16 heavy (non-hydrogen) atoms. The maximum absolute atomic E-state index is 2.48. The number of hydrogen-bond donors (Lipinski definition) is 0. The zero-order valence-corrected chi connectivity index (χ0v) is 12.7. The highest BCUT2D eigenvalue weighted by Crippen LogP contribution is 2.35. The molecule has 0 aliphatic rings. The molecular weight excluding hydrogens is 192 g/mol. The molecule has 0 heterocycles. The Labute approximate surface area is 104 Å². The van der Waals surface area contributed by atoms with Crippen LogP contribution in [0.15, 0.2) is 0 Å². The maximum Gasteiger partial charge on any atom is -0.0360 e. The third-order valence-corrected chi connectivity index (χ3v) is 4.55. The van der Waals surface area contributed by atoms with Crippen LogP contribution < -0.4 is 0 Å². The van der Waals surface area contributed by atoms with Crippen LogP contribution in [0.1, 0.15) is 74.1 Å². The summed E-state index contributed by atoms with van der Waals surface area (Å²) in [6.07, 6.45) is 5.45. The molecule has 0 fully saturated rings. The molecule has 0 aliphatic carbocycles. The second kappa shape index (κ2) is 8.14. The Hall–Kier alpha value is 0. The lowest BCUT2D eigenvalue weighted by Gasteiger charge is -2.34. The van der Waals surface area contributed by atoms with Crippen LogP contribution in [0.2, 0.25) is 0 Å². The minimum Gasteiger partial charge on any atom is -0.0651 e. The lowest BCUT2D eigenvalue weighted by molar-refractivity contribution is 0.155. The van der Waals surface area contributed by atoms with Gasteiger partial charge in [0.15, 0.2) is 0 Å². The van der Waals surface area contributed by atoms with E-state index in [4.69, 9.17) is 0 Å². The van der Waals surface area contributed by atoms with Crippen molar-refractivity contribution < 1.29 is 0 Å². The summed E-state index contributed by atoms with van der Waals surface area (Å²) < 4.78 is 0. The second-order valence-corrected chi connectivity index (χ2v) is 6.11. The lowest BCUT2D eigenvalue weighted by Crippen LogP contribution is -2.26. The maximum atomic E-state index is 2.48. The van der Waals surface area contributed by atoms with Gasteiger partial charge in [0.1, 0.15) is 0 Å². The van der Waals surface area contributed by atoms with Crippen LogP contribution in [0, 0.1) is 29.6 Å². The van der Waals surface area contributed by atoms with Crippen molar-refractivity contribution in [1.29, 1.82) is 0 Å². The second-order valence-electron chi connectivity index (χ2n) is 6.11. The normalized spacial score (nSPS) is 19.5. The summed E-state index contributed by atoms with van der Waals surface area (Å²) >= 11 is 0. The zero-order valence-electron chi connectivity index (χ0n) is 12.7. The Balaban J connectivity index is 4.44. The monoisotopic (exact) mass is 226 g/mol. The van der Waals surface area contributed by atoms with Gasteiger partial charge in [-0.1, -0.05) is 67.7 Å². The largest absolute Gasteiger partial charge is 0.0651 e. The molecule has 4 unspecified atom stereocenters. The van der Waals surface area contributed by atoms with Crippen molar-refractivity contribution in [2.45, 2.75) is 74.1 Å². The molecule has 0 nitrogen and oxygen atoms in total. The van der Waals surface area contributed by atoms with Gasteiger partial charge in [0.25, 0.3) is 0 Å². The molecule has 0 rings (SSSR count). The van der Waals surface area contributed by atoms with Crippen molar-refractivity contribution >= 4 is 0 Å². The fraction of sp³-hybridized carbons (Fsp3) is 1.00. The summed E-state index contributed by atoms with van der Waals surface area (Å²) in [5.74, 6) is 4.48. The zero-order chi connectivity index (χ0) is 12.7. The van der Waals surface area contributed by atoms with Crippen molar-refractivity contribution in [3.63, 3.8) is 0 Å². The van der Waals surface area contributed by atoms with Crippen LogP contribution in [-0.2, 0) is 0 Å². The van der Waals surface area contributed by atoms with Crippen LogP contribution in [0.4, 0.5) is 0 Å². The highest BCUT2D eigenvalue weighted by atomic mass is 14.3. The van der Waals surface area contributed by atoms with Crippen LogP contribution in [0.3, 0.4) is 0 Å². The standard InChI is InChI=1S/C16H34/c1-8-13(6)11-14(7)16(10-3)15(9-2)12(4)5/h12-16H,8-11H2,1-7H3. The first-order chi connectivity index (χ1) is 7.47. The van der Waals surface area contributed by atoms with E-state index in [-0.39, 0.29) is 0 Å². The predicted molar refractivity (Wildman–Crippen MR) is 75.6 cm³/mol. The van der Waals surface area contributed by atoms with E-state index in [0.29, 0.717) is 0 Å². The average Bonchev–Trinajstić information content (AvgIpc) is 2.24. The summed E-state index contributed by atoms with van der Waals surface area (Å²) in [6.45, 7) is 16.7. The van der Waals surface area contributed by atoms with E-state index in [9.17, 15) is 0 Å². The molecular formula is C16H34. The van der Waals surface area contributed by atoms with E-state index < -0.39 is 0 Å². The molecule has 0 N–H and O–H groups in total. The smallest absolute Gasteiger partial charge is 0.0360 e. The van der Waals surface area contributed by atoms with E-state index in [1.807, 2.05) is 0 Å². The predicted octanol–water partition coefficient (Wildman–Crippen LogP) is 5.77. The van der Waals surface area contributed by atoms with E-state index in [2.05, 4.69) is 48.5 Å². The minimum atomic E-state index is 0.842. The Bertz CT molecular complexity index is 159. The van der Waals surface area contributed by atoms with Gasteiger partial charge in [-0.05, 0) is 36.0 Å². The molecule has 0 amide bonds. The molecule has 0 radical (unpaired) electrons. The molecule has 98 valence electrons. The van der Waals surface area contributed by atoms with Gasteiger partial charge in [0, 0.05) is 0 Å². The van der Waals surface area contributed by atoms with Gasteiger partial charge in [-0.15, -0.1) is 0 Å². The topological polar surface area (TPSA) is 0 Å². The van der Waals surface area contributed by atoms with Crippen molar-refractivity contribution in [2.75, 3.05) is 0 Å². The molecule has 0 saturated carbocycles. The van der Waals surface area contributed by atoms with Crippen LogP contribution in [0.5, 0.6) is 0 Å². The summed E-state index contributed by atoms with van der Waals surface area (Å²) in [7, 11) is 0. The fourth-order valence-electron chi connectivity index (χ4n) is 3.37. The van der Waals surface area contributed by atoms with E-state index in [0.717, 1.165) is 29.6 Å². The SMILES string of the molecule is CCC(C)CC(C)C(CC)C(CC)C(C)C. The summed E-state index contributed by atoms with van der Waals surface area (Å²) in [6, 6.07) is 0. The Morgan fingerprint density at radius 1 is 0.688 bits per heavy atom. The third kappa shape index (κ3) is 4.89. The van der Waals surface area contributed by atoms with Crippen molar-refractivity contribution in [2.24, 2.45) is 29.6 Å². The number of rotatable bonds is 8. The van der Waals surface area contributed by atoms with Gasteiger partial charge >= 0.3 is 0 Å². The molecule has 0 aliphatic heterocycles. The Kier molecular flexibility index (Phi) is 8.14. The molecule has 0 bridgehead atoms. The Morgan fingerprint density at radius 3 is 1.50 bits per heavy atom. The summed E-state index contributed by atoms with van der Waals surface area (Å²) in [5, 5.41) is 0. The van der Waals surface area contributed by atoms with E-state index in [1.165, 1.54) is 25.7 Å². The molecule has 0 aromatic rings. The van der Waals surface area contributed by atoms with Crippen molar-refractivity contribution in [1.82, 2.24) is 0 Å². The first kappa shape index (κ1) is 16.0. The van der Waals surface area contributed by atoms with Crippen molar-refractivity contribution in [3.05, 3.63) is 0 Å². The molecule has 4 atom stereocenters. The third-order valence-electron chi connectivity index (χ3n) is 4.55.